The van der Waals surface area contributed by atoms with E-state index in [0.717, 1.165) is 0 Å². The molecule has 0 spiro atoms. The molecule has 0 rings (SSSR count). The number of nitrogens with two attached hydrogens (primary N) is 1. The summed E-state index contributed by atoms with van der Waals surface area (Å²) < 4.78 is 0. The highest BCUT2D eigenvalue weighted by molar-refractivity contribution is 5.85. The summed E-state index contributed by atoms with van der Waals surface area (Å²) in [5, 5.41) is 17.9. The van der Waals surface area contributed by atoms with Crippen LogP contribution in [0.1, 0.15) is 20.8 Å². The number of hydrogen-bond donors (Lipinski definition) is 3. The van der Waals surface area contributed by atoms with Crippen molar-refractivity contribution in [1.29, 1.82) is 0 Å². The standard InChI is InChI=1S/C6H15NO2.ClH/c1-5(2,7)6(3,9)4-8;/h8-9H,4,7H2,1-3H3;1H. The van der Waals surface area contributed by atoms with Crippen molar-refractivity contribution in [2.45, 2.75) is 31.9 Å². The van der Waals surface area contributed by atoms with Gasteiger partial charge in [-0.2, -0.15) is 0 Å². The number of hydrogen-bond acceptors (Lipinski definition) is 3. The molecule has 0 saturated heterocycles. The lowest BCUT2D eigenvalue weighted by Crippen LogP contribution is -2.56. The van der Waals surface area contributed by atoms with Crippen LogP contribution >= 0.6 is 12.4 Å². The first-order chi connectivity index (χ1) is 3.81. The van der Waals surface area contributed by atoms with Crippen molar-refractivity contribution >= 4 is 12.4 Å². The van der Waals surface area contributed by atoms with Gasteiger partial charge in [0.1, 0.15) is 5.60 Å². The van der Waals surface area contributed by atoms with E-state index in [9.17, 15) is 5.11 Å². The molecule has 4 N–H and O–H groups in total. The van der Waals surface area contributed by atoms with Crippen molar-refractivity contribution in [3.8, 4) is 0 Å². The largest absolute Gasteiger partial charge is 0.393 e. The van der Waals surface area contributed by atoms with Gasteiger partial charge in [0.2, 0.25) is 0 Å². The van der Waals surface area contributed by atoms with Crippen LogP contribution in [0.2, 0.25) is 0 Å². The van der Waals surface area contributed by atoms with Gasteiger partial charge in [0.15, 0.2) is 0 Å². The maximum absolute atomic E-state index is 9.28. The first kappa shape index (κ1) is 12.8. The van der Waals surface area contributed by atoms with Gasteiger partial charge in [-0.25, -0.2) is 0 Å². The average Bonchev–Trinajstić information content (AvgIpc) is 1.64. The predicted octanol–water partition coefficient (Wildman–Crippen LogP) is -0.111. The molecule has 1 atom stereocenters. The highest BCUT2D eigenvalue weighted by Gasteiger charge is 2.34. The highest BCUT2D eigenvalue weighted by Crippen LogP contribution is 2.16. The van der Waals surface area contributed by atoms with Gasteiger partial charge in [-0.1, -0.05) is 0 Å². The Morgan fingerprint density at radius 3 is 1.60 bits per heavy atom. The molecule has 0 heterocycles. The SMILES string of the molecule is CC(C)(N)C(C)(O)CO.Cl. The first-order valence-electron chi connectivity index (χ1n) is 2.93. The van der Waals surface area contributed by atoms with Gasteiger partial charge in [0.25, 0.3) is 0 Å². The topological polar surface area (TPSA) is 66.5 Å². The average molecular weight is 170 g/mol. The zero-order valence-corrected chi connectivity index (χ0v) is 7.40. The van der Waals surface area contributed by atoms with Crippen molar-refractivity contribution in [2.24, 2.45) is 5.73 Å². The van der Waals surface area contributed by atoms with Gasteiger partial charge in [-0.15, -0.1) is 12.4 Å². The first-order valence-corrected chi connectivity index (χ1v) is 2.93. The third-order valence-corrected chi connectivity index (χ3v) is 1.70. The van der Waals surface area contributed by atoms with Crippen LogP contribution in [-0.2, 0) is 0 Å². The molecular formula is C6H16ClNO2. The van der Waals surface area contributed by atoms with Crippen LogP contribution < -0.4 is 5.73 Å². The molecule has 0 aromatic heterocycles. The molecular weight excluding hydrogens is 154 g/mol. The maximum Gasteiger partial charge on any atom is 0.102 e. The molecule has 0 aromatic carbocycles. The van der Waals surface area contributed by atoms with Crippen LogP contribution in [-0.4, -0.2) is 28.0 Å². The van der Waals surface area contributed by atoms with E-state index in [-0.39, 0.29) is 19.0 Å². The maximum atomic E-state index is 9.28. The molecule has 0 fully saturated rings. The molecule has 3 nitrogen and oxygen atoms in total. The molecule has 10 heavy (non-hydrogen) atoms. The molecule has 0 saturated carbocycles. The van der Waals surface area contributed by atoms with E-state index in [0.29, 0.717) is 0 Å². The zero-order chi connectivity index (χ0) is 7.71. The Kier molecular flexibility index (Phi) is 4.52. The Hall–Kier alpha value is 0.170. The molecule has 0 aromatic rings. The van der Waals surface area contributed by atoms with Crippen molar-refractivity contribution in [3.05, 3.63) is 0 Å². The van der Waals surface area contributed by atoms with Gasteiger partial charge in [0.05, 0.1) is 6.61 Å². The van der Waals surface area contributed by atoms with Crippen molar-refractivity contribution < 1.29 is 10.2 Å². The van der Waals surface area contributed by atoms with Crippen molar-refractivity contribution in [1.82, 2.24) is 0 Å². The summed E-state index contributed by atoms with van der Waals surface area (Å²) in [6.07, 6.45) is 0. The van der Waals surface area contributed by atoms with Gasteiger partial charge in [-0.3, -0.25) is 0 Å². The smallest absolute Gasteiger partial charge is 0.102 e. The van der Waals surface area contributed by atoms with Gasteiger partial charge in [-0.05, 0) is 20.8 Å². The lowest BCUT2D eigenvalue weighted by atomic mass is 9.86. The summed E-state index contributed by atoms with van der Waals surface area (Å²) in [7, 11) is 0. The normalized spacial score (nSPS) is 17.4. The molecule has 0 radical (unpaired) electrons. The quantitative estimate of drug-likeness (QED) is 0.541. The third kappa shape index (κ3) is 2.84. The third-order valence-electron chi connectivity index (χ3n) is 1.70. The minimum Gasteiger partial charge on any atom is -0.393 e. The zero-order valence-electron chi connectivity index (χ0n) is 6.59. The Labute approximate surface area is 67.6 Å². The fourth-order valence-corrected chi connectivity index (χ4v) is 0.204. The monoisotopic (exact) mass is 169 g/mol. The Morgan fingerprint density at radius 2 is 1.60 bits per heavy atom. The summed E-state index contributed by atoms with van der Waals surface area (Å²) in [6.45, 7) is 4.54. The van der Waals surface area contributed by atoms with E-state index in [1.807, 2.05) is 0 Å². The number of halogens is 1. The van der Waals surface area contributed by atoms with E-state index < -0.39 is 11.1 Å². The molecule has 0 aliphatic rings. The second-order valence-corrected chi connectivity index (χ2v) is 3.15. The minimum atomic E-state index is -1.19. The predicted molar refractivity (Wildman–Crippen MR) is 43.2 cm³/mol. The number of aliphatic hydroxyl groups is 2. The molecule has 0 amide bonds. The van der Waals surface area contributed by atoms with Crippen LogP contribution in [0.25, 0.3) is 0 Å². The van der Waals surface area contributed by atoms with Gasteiger partial charge in [0, 0.05) is 5.54 Å². The summed E-state index contributed by atoms with van der Waals surface area (Å²) >= 11 is 0. The molecule has 4 heteroatoms. The Morgan fingerprint density at radius 1 is 1.30 bits per heavy atom. The van der Waals surface area contributed by atoms with E-state index in [1.54, 1.807) is 13.8 Å². The number of aliphatic hydroxyl groups excluding tert-OH is 1. The highest BCUT2D eigenvalue weighted by atomic mass is 35.5. The van der Waals surface area contributed by atoms with Crippen molar-refractivity contribution in [3.63, 3.8) is 0 Å². The Balaban J connectivity index is 0. The second kappa shape index (κ2) is 3.53. The second-order valence-electron chi connectivity index (χ2n) is 3.15. The minimum absolute atomic E-state index is 0. The number of rotatable bonds is 2. The lowest BCUT2D eigenvalue weighted by Gasteiger charge is -2.34. The van der Waals surface area contributed by atoms with Crippen LogP contribution in [0.4, 0.5) is 0 Å². The van der Waals surface area contributed by atoms with Crippen LogP contribution in [0, 0.1) is 0 Å². The van der Waals surface area contributed by atoms with E-state index in [4.69, 9.17) is 10.8 Å². The fraction of sp³-hybridized carbons (Fsp3) is 1.00. The summed E-state index contributed by atoms with van der Waals surface area (Å²) in [5.41, 5.74) is 3.58. The van der Waals surface area contributed by atoms with Crippen LogP contribution in [0.5, 0.6) is 0 Å². The molecule has 64 valence electrons. The molecule has 0 aliphatic carbocycles. The van der Waals surface area contributed by atoms with Gasteiger partial charge < -0.3 is 15.9 Å². The van der Waals surface area contributed by atoms with E-state index >= 15 is 0 Å². The van der Waals surface area contributed by atoms with E-state index in [1.165, 1.54) is 6.92 Å². The summed E-state index contributed by atoms with van der Waals surface area (Å²) in [4.78, 5) is 0. The fourth-order valence-electron chi connectivity index (χ4n) is 0.204. The van der Waals surface area contributed by atoms with E-state index in [2.05, 4.69) is 0 Å². The Bertz CT molecular complexity index is 98.4. The van der Waals surface area contributed by atoms with Crippen LogP contribution in [0.15, 0.2) is 0 Å². The summed E-state index contributed by atoms with van der Waals surface area (Å²) in [6, 6.07) is 0. The molecule has 0 aliphatic heterocycles. The molecule has 1 unspecified atom stereocenters. The summed E-state index contributed by atoms with van der Waals surface area (Å²) in [5.74, 6) is 0. The van der Waals surface area contributed by atoms with Gasteiger partial charge >= 0.3 is 0 Å². The molecule has 0 bridgehead atoms. The van der Waals surface area contributed by atoms with Crippen molar-refractivity contribution in [2.75, 3.05) is 6.61 Å². The van der Waals surface area contributed by atoms with Crippen LogP contribution in [0.3, 0.4) is 0 Å². The lowest BCUT2D eigenvalue weighted by molar-refractivity contribution is -0.0483.